The minimum Gasteiger partial charge on any atom is -0.493 e. The smallest absolute Gasteiger partial charge is 0.278 e. The van der Waals surface area contributed by atoms with Gasteiger partial charge >= 0.3 is 0 Å². The minimum atomic E-state index is 0.0429. The zero-order chi connectivity index (χ0) is 20.8. The summed E-state index contributed by atoms with van der Waals surface area (Å²) in [4.78, 5) is 15.7. The standard InChI is InChI=1S/C23H37N3O3/c1-17-14-21(28-3)22(29-4)15-19(17)16-25-10-12-26(13-11-25)18(2)23(27)24-20-8-6-5-7-9-20/h14-15,18,20H,5-13,16H2,1-4H3,(H,24,27)/p+2/t18-/m1/s1. The average molecular weight is 406 g/mol. The molecule has 162 valence electrons. The zero-order valence-electron chi connectivity index (χ0n) is 18.6. The van der Waals surface area contributed by atoms with Gasteiger partial charge < -0.3 is 24.6 Å². The van der Waals surface area contributed by atoms with E-state index in [9.17, 15) is 4.79 Å². The molecule has 0 radical (unpaired) electrons. The highest BCUT2D eigenvalue weighted by Gasteiger charge is 2.32. The van der Waals surface area contributed by atoms with Crippen LogP contribution >= 0.6 is 0 Å². The summed E-state index contributed by atoms with van der Waals surface area (Å²) in [6.45, 7) is 9.48. The molecule has 2 fully saturated rings. The molecule has 1 aliphatic heterocycles. The van der Waals surface area contributed by atoms with Gasteiger partial charge in [0.1, 0.15) is 32.7 Å². The Morgan fingerprint density at radius 2 is 1.69 bits per heavy atom. The van der Waals surface area contributed by atoms with Crippen molar-refractivity contribution in [3.63, 3.8) is 0 Å². The molecule has 1 aromatic carbocycles. The minimum absolute atomic E-state index is 0.0429. The monoisotopic (exact) mass is 405 g/mol. The van der Waals surface area contributed by atoms with Crippen LogP contribution in [-0.4, -0.2) is 58.4 Å². The average Bonchev–Trinajstić information content (AvgIpc) is 2.75. The third-order valence-electron chi connectivity index (χ3n) is 6.84. The highest BCUT2D eigenvalue weighted by atomic mass is 16.5. The molecule has 0 aromatic heterocycles. The number of carbonyl (C=O) groups is 1. The van der Waals surface area contributed by atoms with Gasteiger partial charge in [-0.15, -0.1) is 0 Å². The number of nitrogens with one attached hydrogen (secondary N) is 3. The fraction of sp³-hybridized carbons (Fsp3) is 0.696. The van der Waals surface area contributed by atoms with E-state index < -0.39 is 0 Å². The Balaban J connectivity index is 1.50. The Bertz CT molecular complexity index is 680. The molecule has 0 spiro atoms. The lowest BCUT2D eigenvalue weighted by atomic mass is 9.95. The number of benzene rings is 1. The molecular weight excluding hydrogens is 366 g/mol. The van der Waals surface area contributed by atoms with Crippen molar-refractivity contribution in [1.29, 1.82) is 0 Å². The van der Waals surface area contributed by atoms with Crippen molar-refractivity contribution in [3.8, 4) is 11.5 Å². The van der Waals surface area contributed by atoms with Crippen LogP contribution in [0.5, 0.6) is 11.5 Å². The summed E-state index contributed by atoms with van der Waals surface area (Å²) in [7, 11) is 3.36. The van der Waals surface area contributed by atoms with Crippen molar-refractivity contribution in [3.05, 3.63) is 23.3 Å². The van der Waals surface area contributed by atoms with Gasteiger partial charge in [0.25, 0.3) is 5.91 Å². The maximum Gasteiger partial charge on any atom is 0.278 e. The van der Waals surface area contributed by atoms with Crippen LogP contribution in [0.3, 0.4) is 0 Å². The second-order valence-electron chi connectivity index (χ2n) is 8.78. The van der Waals surface area contributed by atoms with Gasteiger partial charge in [-0.25, -0.2) is 0 Å². The number of quaternary nitrogens is 2. The zero-order valence-corrected chi connectivity index (χ0v) is 18.6. The Morgan fingerprint density at radius 3 is 2.31 bits per heavy atom. The predicted molar refractivity (Wildman–Crippen MR) is 114 cm³/mol. The molecule has 2 aliphatic rings. The topological polar surface area (TPSA) is 56.4 Å². The summed E-state index contributed by atoms with van der Waals surface area (Å²) in [5.41, 5.74) is 2.55. The van der Waals surface area contributed by atoms with Gasteiger partial charge in [-0.05, 0) is 44.4 Å². The van der Waals surface area contributed by atoms with Crippen molar-refractivity contribution in [2.45, 2.75) is 64.6 Å². The number of ether oxygens (including phenoxy) is 2. The van der Waals surface area contributed by atoms with Crippen LogP contribution in [0.15, 0.2) is 12.1 Å². The number of rotatable bonds is 7. The van der Waals surface area contributed by atoms with E-state index in [1.807, 2.05) is 0 Å². The third-order valence-corrected chi connectivity index (χ3v) is 6.84. The van der Waals surface area contributed by atoms with Crippen LogP contribution in [0.25, 0.3) is 0 Å². The largest absolute Gasteiger partial charge is 0.493 e. The van der Waals surface area contributed by atoms with Gasteiger partial charge in [0.15, 0.2) is 17.5 Å². The normalized spacial score (nSPS) is 24.0. The Labute approximate surface area is 175 Å². The van der Waals surface area contributed by atoms with E-state index in [1.165, 1.54) is 35.3 Å². The fourth-order valence-corrected chi connectivity index (χ4v) is 4.78. The number of hydrogen-bond acceptors (Lipinski definition) is 3. The highest BCUT2D eigenvalue weighted by Crippen LogP contribution is 2.29. The van der Waals surface area contributed by atoms with Crippen molar-refractivity contribution in [2.75, 3.05) is 40.4 Å². The SMILES string of the molecule is COc1cc(C)c(C[NH+]2CC[NH+]([C@H](C)C(=O)NC3CCCCC3)CC2)cc1OC. The first-order valence-electron chi connectivity index (χ1n) is 11.2. The summed E-state index contributed by atoms with van der Waals surface area (Å²) in [6, 6.07) is 4.62. The van der Waals surface area contributed by atoms with Crippen molar-refractivity contribution in [1.82, 2.24) is 5.32 Å². The van der Waals surface area contributed by atoms with Crippen LogP contribution in [0.4, 0.5) is 0 Å². The number of amides is 1. The van der Waals surface area contributed by atoms with Gasteiger partial charge in [0, 0.05) is 11.6 Å². The molecule has 1 saturated heterocycles. The summed E-state index contributed by atoms with van der Waals surface area (Å²) in [6.07, 6.45) is 6.12. The molecule has 6 nitrogen and oxygen atoms in total. The molecular formula is C23H39N3O3+2. The Hall–Kier alpha value is -1.79. The molecule has 3 rings (SSSR count). The van der Waals surface area contributed by atoms with E-state index >= 15 is 0 Å². The van der Waals surface area contributed by atoms with Gasteiger partial charge in [0.05, 0.1) is 14.2 Å². The van der Waals surface area contributed by atoms with Crippen molar-refractivity contribution < 1.29 is 24.1 Å². The van der Waals surface area contributed by atoms with Crippen LogP contribution in [0.2, 0.25) is 0 Å². The number of hydrogen-bond donors (Lipinski definition) is 3. The molecule has 6 heteroatoms. The Morgan fingerprint density at radius 1 is 1.07 bits per heavy atom. The van der Waals surface area contributed by atoms with E-state index in [-0.39, 0.29) is 11.9 Å². The lowest BCUT2D eigenvalue weighted by Crippen LogP contribution is -3.29. The Kier molecular flexibility index (Phi) is 7.78. The number of piperazine rings is 1. The molecule has 0 unspecified atom stereocenters. The van der Waals surface area contributed by atoms with Crippen LogP contribution in [0.1, 0.15) is 50.2 Å². The van der Waals surface area contributed by atoms with E-state index in [0.717, 1.165) is 57.1 Å². The first-order chi connectivity index (χ1) is 14.0. The van der Waals surface area contributed by atoms with Crippen LogP contribution < -0.4 is 24.6 Å². The van der Waals surface area contributed by atoms with E-state index in [4.69, 9.17) is 9.47 Å². The van der Waals surface area contributed by atoms with Crippen LogP contribution in [-0.2, 0) is 11.3 Å². The second-order valence-corrected chi connectivity index (χ2v) is 8.78. The van der Waals surface area contributed by atoms with Gasteiger partial charge in [-0.1, -0.05) is 19.3 Å². The lowest BCUT2D eigenvalue weighted by Gasteiger charge is -2.33. The molecule has 1 aromatic rings. The van der Waals surface area contributed by atoms with E-state index in [2.05, 4.69) is 31.3 Å². The number of methoxy groups -OCH3 is 2. The molecule has 1 amide bonds. The fourth-order valence-electron chi connectivity index (χ4n) is 4.78. The first kappa shape index (κ1) is 21.9. The van der Waals surface area contributed by atoms with Gasteiger partial charge in [0.2, 0.25) is 0 Å². The number of carbonyl (C=O) groups excluding carboxylic acids is 1. The maximum atomic E-state index is 12.7. The maximum absolute atomic E-state index is 12.7. The molecule has 1 saturated carbocycles. The van der Waals surface area contributed by atoms with Gasteiger partial charge in [-0.2, -0.15) is 0 Å². The summed E-state index contributed by atoms with van der Waals surface area (Å²) >= 11 is 0. The van der Waals surface area contributed by atoms with Crippen molar-refractivity contribution >= 4 is 5.91 Å². The lowest BCUT2D eigenvalue weighted by molar-refractivity contribution is -1.02. The molecule has 1 heterocycles. The van der Waals surface area contributed by atoms with Crippen molar-refractivity contribution in [2.24, 2.45) is 0 Å². The summed E-state index contributed by atoms with van der Waals surface area (Å²) in [5, 5.41) is 3.31. The van der Waals surface area contributed by atoms with E-state index in [1.54, 1.807) is 19.1 Å². The second kappa shape index (κ2) is 10.3. The highest BCUT2D eigenvalue weighted by molar-refractivity contribution is 5.80. The molecule has 29 heavy (non-hydrogen) atoms. The quantitative estimate of drug-likeness (QED) is 0.605. The van der Waals surface area contributed by atoms with E-state index in [0.29, 0.717) is 6.04 Å². The molecule has 0 bridgehead atoms. The molecule has 1 aliphatic carbocycles. The summed E-state index contributed by atoms with van der Waals surface area (Å²) in [5.74, 6) is 1.83. The third kappa shape index (κ3) is 5.64. The number of aryl methyl sites for hydroxylation is 1. The summed E-state index contributed by atoms with van der Waals surface area (Å²) < 4.78 is 10.9. The predicted octanol–water partition coefficient (Wildman–Crippen LogP) is 0.133. The molecule has 3 N–H and O–H groups in total. The first-order valence-corrected chi connectivity index (χ1v) is 11.2. The van der Waals surface area contributed by atoms with Crippen LogP contribution in [0, 0.1) is 6.92 Å². The van der Waals surface area contributed by atoms with Gasteiger partial charge in [-0.3, -0.25) is 4.79 Å². The molecule has 1 atom stereocenters.